The maximum absolute atomic E-state index is 12.5. The molecule has 1 aliphatic heterocycles. The van der Waals surface area contributed by atoms with Crippen molar-refractivity contribution in [3.63, 3.8) is 0 Å². The number of hydrogen-bond donors (Lipinski definition) is 0. The van der Waals surface area contributed by atoms with Gasteiger partial charge in [-0.2, -0.15) is 17.9 Å². The van der Waals surface area contributed by atoms with E-state index in [2.05, 4.69) is 5.10 Å². The Balaban J connectivity index is 1.91. The maximum atomic E-state index is 12.5. The first-order valence-electron chi connectivity index (χ1n) is 6.80. The molecule has 0 saturated heterocycles. The van der Waals surface area contributed by atoms with Gasteiger partial charge in [-0.15, -0.1) is 0 Å². The molecule has 1 aliphatic rings. The summed E-state index contributed by atoms with van der Waals surface area (Å²) in [5.41, 5.74) is 2.81. The summed E-state index contributed by atoms with van der Waals surface area (Å²) in [6, 6.07) is 16.5. The molecule has 21 heavy (non-hydrogen) atoms. The summed E-state index contributed by atoms with van der Waals surface area (Å²) in [7, 11) is -3.55. The van der Waals surface area contributed by atoms with E-state index in [0.29, 0.717) is 13.0 Å². The van der Waals surface area contributed by atoms with Gasteiger partial charge in [0.25, 0.3) is 10.0 Å². The number of hydrazone groups is 1. The maximum Gasteiger partial charge on any atom is 0.279 e. The number of nitrogens with zero attached hydrogens (tertiary/aromatic N) is 2. The Bertz CT molecular complexity index is 766. The Morgan fingerprint density at radius 2 is 1.67 bits per heavy atom. The van der Waals surface area contributed by atoms with Crippen LogP contribution in [0, 0.1) is 6.92 Å². The van der Waals surface area contributed by atoms with Gasteiger partial charge in [-0.05, 0) is 24.6 Å². The molecule has 0 bridgehead atoms. The number of hydrogen-bond acceptors (Lipinski definition) is 3. The van der Waals surface area contributed by atoms with E-state index in [1.54, 1.807) is 24.3 Å². The zero-order valence-corrected chi connectivity index (χ0v) is 12.5. The lowest BCUT2D eigenvalue weighted by Gasteiger charge is -2.14. The zero-order valence-electron chi connectivity index (χ0n) is 11.7. The molecule has 0 fully saturated rings. The van der Waals surface area contributed by atoms with Gasteiger partial charge in [-0.25, -0.2) is 0 Å². The van der Waals surface area contributed by atoms with E-state index in [1.165, 1.54) is 4.41 Å². The van der Waals surface area contributed by atoms with Gasteiger partial charge in [0.05, 0.1) is 17.2 Å². The monoisotopic (exact) mass is 300 g/mol. The molecule has 4 nitrogen and oxygen atoms in total. The lowest BCUT2D eigenvalue weighted by molar-refractivity contribution is 0.461. The number of sulfonamides is 1. The average molecular weight is 300 g/mol. The van der Waals surface area contributed by atoms with Crippen molar-refractivity contribution >= 4 is 15.7 Å². The number of benzene rings is 2. The summed E-state index contributed by atoms with van der Waals surface area (Å²) in [6.45, 7) is 2.32. The van der Waals surface area contributed by atoms with Crippen LogP contribution in [0.2, 0.25) is 0 Å². The molecular weight excluding hydrogens is 284 g/mol. The van der Waals surface area contributed by atoms with Crippen LogP contribution in [0.1, 0.15) is 17.5 Å². The third kappa shape index (κ3) is 2.69. The van der Waals surface area contributed by atoms with E-state index in [-0.39, 0.29) is 4.90 Å². The van der Waals surface area contributed by atoms with Crippen molar-refractivity contribution in [2.45, 2.75) is 18.2 Å². The minimum atomic E-state index is -3.55. The fraction of sp³-hybridized carbons (Fsp3) is 0.188. The van der Waals surface area contributed by atoms with Crippen LogP contribution in [0.5, 0.6) is 0 Å². The van der Waals surface area contributed by atoms with Crippen molar-refractivity contribution < 1.29 is 8.42 Å². The second-order valence-electron chi connectivity index (χ2n) is 5.03. The molecule has 108 valence electrons. The van der Waals surface area contributed by atoms with Crippen LogP contribution in [0.15, 0.2) is 64.6 Å². The van der Waals surface area contributed by atoms with Crippen LogP contribution in [0.3, 0.4) is 0 Å². The summed E-state index contributed by atoms with van der Waals surface area (Å²) in [5, 5.41) is 4.29. The van der Waals surface area contributed by atoms with Gasteiger partial charge in [0.15, 0.2) is 0 Å². The van der Waals surface area contributed by atoms with E-state index in [9.17, 15) is 8.42 Å². The minimum absolute atomic E-state index is 0.283. The number of aryl methyl sites for hydroxylation is 1. The van der Waals surface area contributed by atoms with E-state index in [4.69, 9.17) is 0 Å². The van der Waals surface area contributed by atoms with Crippen molar-refractivity contribution in [1.82, 2.24) is 4.41 Å². The van der Waals surface area contributed by atoms with E-state index in [1.807, 2.05) is 37.3 Å². The smallest absolute Gasteiger partial charge is 0.200 e. The highest BCUT2D eigenvalue weighted by Gasteiger charge is 2.28. The summed E-state index contributed by atoms with van der Waals surface area (Å²) in [6.07, 6.45) is 0.634. The lowest BCUT2D eigenvalue weighted by atomic mass is 10.1. The molecule has 0 unspecified atom stereocenters. The van der Waals surface area contributed by atoms with Crippen LogP contribution >= 0.6 is 0 Å². The van der Waals surface area contributed by atoms with Crippen LogP contribution in [-0.4, -0.2) is 25.1 Å². The quantitative estimate of drug-likeness (QED) is 0.875. The molecule has 1 heterocycles. The molecule has 5 heteroatoms. The SMILES string of the molecule is Cc1ccc(S(=O)(=O)N2CCC(c3ccccc3)=N2)cc1. The number of rotatable bonds is 3. The molecule has 0 spiro atoms. The molecule has 2 aromatic rings. The van der Waals surface area contributed by atoms with Gasteiger partial charge in [0, 0.05) is 6.42 Å². The molecular formula is C16H16N2O2S. The Morgan fingerprint density at radius 3 is 2.33 bits per heavy atom. The normalized spacial score (nSPS) is 15.1. The second-order valence-corrected chi connectivity index (χ2v) is 6.87. The predicted molar refractivity (Wildman–Crippen MR) is 82.7 cm³/mol. The highest BCUT2D eigenvalue weighted by atomic mass is 32.2. The van der Waals surface area contributed by atoms with Crippen molar-refractivity contribution in [2.24, 2.45) is 5.10 Å². The minimum Gasteiger partial charge on any atom is -0.200 e. The Morgan fingerprint density at radius 1 is 1.00 bits per heavy atom. The van der Waals surface area contributed by atoms with Gasteiger partial charge >= 0.3 is 0 Å². The Labute approximate surface area is 124 Å². The van der Waals surface area contributed by atoms with Crippen LogP contribution in [-0.2, 0) is 10.0 Å². The molecule has 2 aromatic carbocycles. The van der Waals surface area contributed by atoms with Crippen molar-refractivity contribution in [3.8, 4) is 0 Å². The Kier molecular flexibility index (Phi) is 3.51. The largest absolute Gasteiger partial charge is 0.279 e. The van der Waals surface area contributed by atoms with Crippen LogP contribution in [0.4, 0.5) is 0 Å². The molecule has 0 N–H and O–H groups in total. The fourth-order valence-corrected chi connectivity index (χ4v) is 3.54. The van der Waals surface area contributed by atoms with Crippen LogP contribution in [0.25, 0.3) is 0 Å². The summed E-state index contributed by atoms with van der Waals surface area (Å²) in [5.74, 6) is 0. The molecule has 0 aliphatic carbocycles. The summed E-state index contributed by atoms with van der Waals surface area (Å²) >= 11 is 0. The van der Waals surface area contributed by atoms with Gasteiger partial charge in [-0.3, -0.25) is 0 Å². The topological polar surface area (TPSA) is 49.7 Å². The molecule has 0 aromatic heterocycles. The van der Waals surface area contributed by atoms with E-state index >= 15 is 0 Å². The first-order valence-corrected chi connectivity index (χ1v) is 8.24. The van der Waals surface area contributed by atoms with Gasteiger partial charge in [0.2, 0.25) is 0 Å². The van der Waals surface area contributed by atoms with Gasteiger partial charge in [-0.1, -0.05) is 48.0 Å². The lowest BCUT2D eigenvalue weighted by Crippen LogP contribution is -2.23. The van der Waals surface area contributed by atoms with Crippen molar-refractivity contribution in [1.29, 1.82) is 0 Å². The molecule has 3 rings (SSSR count). The van der Waals surface area contributed by atoms with Gasteiger partial charge < -0.3 is 0 Å². The van der Waals surface area contributed by atoms with Crippen LogP contribution < -0.4 is 0 Å². The first-order chi connectivity index (χ1) is 10.1. The average Bonchev–Trinajstić information content (AvgIpc) is 2.99. The second kappa shape index (κ2) is 5.33. The third-order valence-corrected chi connectivity index (χ3v) is 5.16. The molecule has 0 atom stereocenters. The van der Waals surface area contributed by atoms with E-state index in [0.717, 1.165) is 16.8 Å². The van der Waals surface area contributed by atoms with E-state index < -0.39 is 10.0 Å². The highest BCUT2D eigenvalue weighted by molar-refractivity contribution is 7.89. The van der Waals surface area contributed by atoms with Crippen molar-refractivity contribution in [3.05, 3.63) is 65.7 Å². The predicted octanol–water partition coefficient (Wildman–Crippen LogP) is 2.79. The molecule has 0 radical (unpaired) electrons. The summed E-state index contributed by atoms with van der Waals surface area (Å²) < 4.78 is 26.3. The highest BCUT2D eigenvalue weighted by Crippen LogP contribution is 2.22. The fourth-order valence-electron chi connectivity index (χ4n) is 2.27. The summed E-state index contributed by atoms with van der Waals surface area (Å²) in [4.78, 5) is 0.283. The first kappa shape index (κ1) is 13.8. The zero-order chi connectivity index (χ0) is 14.9. The molecule has 0 amide bonds. The standard InChI is InChI=1S/C16H16N2O2S/c1-13-7-9-15(10-8-13)21(19,20)18-12-11-16(17-18)14-5-3-2-4-6-14/h2-10H,11-12H2,1H3. The molecule has 0 saturated carbocycles. The van der Waals surface area contributed by atoms with Crippen molar-refractivity contribution in [2.75, 3.05) is 6.54 Å². The third-order valence-electron chi connectivity index (χ3n) is 3.48. The van der Waals surface area contributed by atoms with Gasteiger partial charge in [0.1, 0.15) is 0 Å². The Hall–Kier alpha value is -2.14.